The van der Waals surface area contributed by atoms with Crippen LogP contribution in [-0.4, -0.2) is 5.78 Å². The van der Waals surface area contributed by atoms with Crippen LogP contribution >= 0.6 is 0 Å². The molecule has 0 atom stereocenters. The summed E-state index contributed by atoms with van der Waals surface area (Å²) in [7, 11) is 0. The van der Waals surface area contributed by atoms with Crippen molar-refractivity contribution in [2.24, 2.45) is 0 Å². The van der Waals surface area contributed by atoms with E-state index in [4.69, 9.17) is 5.73 Å². The van der Waals surface area contributed by atoms with Gasteiger partial charge in [-0.3, -0.25) is 4.79 Å². The molecular weight excluding hydrogens is 248 g/mol. The number of halogens is 2. The molecule has 19 heavy (non-hydrogen) atoms. The van der Waals surface area contributed by atoms with E-state index in [-0.39, 0.29) is 11.3 Å². The van der Waals surface area contributed by atoms with Crippen LogP contribution in [0.15, 0.2) is 36.4 Å². The number of aryl methyl sites for hydroxylation is 1. The normalized spacial score (nSPS) is 10.5. The zero-order valence-electron chi connectivity index (χ0n) is 10.4. The summed E-state index contributed by atoms with van der Waals surface area (Å²) in [6.45, 7) is 2.00. The van der Waals surface area contributed by atoms with Gasteiger partial charge < -0.3 is 5.73 Å². The van der Waals surface area contributed by atoms with E-state index in [0.29, 0.717) is 5.56 Å². The van der Waals surface area contributed by atoms with E-state index < -0.39 is 17.4 Å². The number of hydrogen-bond acceptors (Lipinski definition) is 2. The Hall–Kier alpha value is -2.23. The summed E-state index contributed by atoms with van der Waals surface area (Å²) in [5, 5.41) is 0. The van der Waals surface area contributed by atoms with Gasteiger partial charge in [-0.2, -0.15) is 0 Å². The van der Waals surface area contributed by atoms with E-state index in [1.807, 2.05) is 19.1 Å². The molecule has 0 aliphatic carbocycles. The van der Waals surface area contributed by atoms with Crippen molar-refractivity contribution >= 4 is 11.5 Å². The Morgan fingerprint density at radius 1 is 1.11 bits per heavy atom. The van der Waals surface area contributed by atoms with E-state index in [1.54, 1.807) is 12.1 Å². The van der Waals surface area contributed by atoms with Crippen molar-refractivity contribution in [1.82, 2.24) is 0 Å². The lowest BCUT2D eigenvalue weighted by Gasteiger charge is -2.06. The van der Waals surface area contributed by atoms with Crippen molar-refractivity contribution in [2.45, 2.75) is 13.3 Å². The van der Waals surface area contributed by atoms with Gasteiger partial charge in [-0.05, 0) is 18.1 Å². The van der Waals surface area contributed by atoms with Crippen LogP contribution in [0.25, 0.3) is 0 Å². The van der Waals surface area contributed by atoms with Crippen molar-refractivity contribution in [3.8, 4) is 0 Å². The lowest BCUT2D eigenvalue weighted by Crippen LogP contribution is -2.07. The monoisotopic (exact) mass is 261 g/mol. The summed E-state index contributed by atoms with van der Waals surface area (Å²) >= 11 is 0. The quantitative estimate of drug-likeness (QED) is 0.680. The standard InChI is InChI=1S/C15H13F2NO/c1-2-9-3-5-10(6-4-9)15(19)11-7-12(16)13(17)8-14(11)18/h3-8H,2,18H2,1H3. The molecule has 2 N–H and O–H groups in total. The lowest BCUT2D eigenvalue weighted by atomic mass is 10.00. The molecule has 4 heteroatoms. The molecule has 0 saturated carbocycles. The first-order valence-corrected chi connectivity index (χ1v) is 5.91. The number of carbonyl (C=O) groups excluding carboxylic acids is 1. The highest BCUT2D eigenvalue weighted by Crippen LogP contribution is 2.20. The third-order valence-electron chi connectivity index (χ3n) is 2.96. The second-order valence-corrected chi connectivity index (χ2v) is 4.23. The number of nitrogens with two attached hydrogens (primary N) is 1. The van der Waals surface area contributed by atoms with Gasteiger partial charge in [0.2, 0.25) is 0 Å². The molecule has 0 spiro atoms. The maximum atomic E-state index is 13.2. The van der Waals surface area contributed by atoms with E-state index in [9.17, 15) is 13.6 Å². The van der Waals surface area contributed by atoms with Crippen LogP contribution in [0.3, 0.4) is 0 Å². The first-order valence-electron chi connectivity index (χ1n) is 5.91. The highest BCUT2D eigenvalue weighted by molar-refractivity contribution is 6.12. The van der Waals surface area contributed by atoms with E-state index in [1.165, 1.54) is 0 Å². The molecule has 0 aliphatic rings. The van der Waals surface area contributed by atoms with E-state index >= 15 is 0 Å². The Morgan fingerprint density at radius 3 is 2.26 bits per heavy atom. The topological polar surface area (TPSA) is 43.1 Å². The smallest absolute Gasteiger partial charge is 0.195 e. The first-order chi connectivity index (χ1) is 9.02. The van der Waals surface area contributed by atoms with Gasteiger partial charge in [-0.25, -0.2) is 8.78 Å². The average Bonchev–Trinajstić information content (AvgIpc) is 2.42. The molecule has 0 unspecified atom stereocenters. The Balaban J connectivity index is 2.40. The van der Waals surface area contributed by atoms with E-state index in [2.05, 4.69) is 0 Å². The molecule has 0 bridgehead atoms. The van der Waals surface area contributed by atoms with Gasteiger partial charge in [0.05, 0.1) is 0 Å². The summed E-state index contributed by atoms with van der Waals surface area (Å²) < 4.78 is 26.1. The van der Waals surface area contributed by atoms with Gasteiger partial charge in [0, 0.05) is 22.9 Å². The minimum absolute atomic E-state index is 0.0249. The number of anilines is 1. The summed E-state index contributed by atoms with van der Waals surface area (Å²) in [5.74, 6) is -2.56. The molecule has 2 nitrogen and oxygen atoms in total. The van der Waals surface area contributed by atoms with Crippen LogP contribution in [0.4, 0.5) is 14.5 Å². The average molecular weight is 261 g/mol. The van der Waals surface area contributed by atoms with Gasteiger partial charge in [0.15, 0.2) is 17.4 Å². The fraction of sp³-hybridized carbons (Fsp3) is 0.133. The van der Waals surface area contributed by atoms with Crippen LogP contribution < -0.4 is 5.73 Å². The molecule has 0 heterocycles. The fourth-order valence-electron chi connectivity index (χ4n) is 1.81. The lowest BCUT2D eigenvalue weighted by molar-refractivity contribution is 0.103. The first kappa shape index (κ1) is 13.2. The number of rotatable bonds is 3. The molecule has 0 radical (unpaired) electrons. The number of carbonyl (C=O) groups is 1. The Morgan fingerprint density at radius 2 is 1.68 bits per heavy atom. The molecule has 0 amide bonds. The minimum atomic E-state index is -1.08. The van der Waals surface area contributed by atoms with Gasteiger partial charge in [-0.15, -0.1) is 0 Å². The summed E-state index contributed by atoms with van der Waals surface area (Å²) in [6, 6.07) is 8.61. The summed E-state index contributed by atoms with van der Waals surface area (Å²) in [6.07, 6.45) is 0.863. The molecule has 98 valence electrons. The predicted molar refractivity (Wildman–Crippen MR) is 70.0 cm³/mol. The zero-order valence-corrected chi connectivity index (χ0v) is 10.4. The summed E-state index contributed by atoms with van der Waals surface area (Å²) in [4.78, 5) is 12.2. The number of benzene rings is 2. The van der Waals surface area contributed by atoms with Crippen molar-refractivity contribution < 1.29 is 13.6 Å². The number of hydrogen-bond donors (Lipinski definition) is 1. The SMILES string of the molecule is CCc1ccc(C(=O)c2cc(F)c(F)cc2N)cc1. The van der Waals surface area contributed by atoms with Gasteiger partial charge in [0.25, 0.3) is 0 Å². The maximum absolute atomic E-state index is 13.2. The van der Waals surface area contributed by atoms with Crippen molar-refractivity contribution in [3.63, 3.8) is 0 Å². The van der Waals surface area contributed by atoms with Crippen LogP contribution in [0, 0.1) is 11.6 Å². The second-order valence-electron chi connectivity index (χ2n) is 4.23. The molecule has 0 aromatic heterocycles. The van der Waals surface area contributed by atoms with Crippen LogP contribution in [0.2, 0.25) is 0 Å². The maximum Gasteiger partial charge on any atom is 0.195 e. The minimum Gasteiger partial charge on any atom is -0.398 e. The predicted octanol–water partition coefficient (Wildman–Crippen LogP) is 3.34. The third-order valence-corrected chi connectivity index (χ3v) is 2.96. The van der Waals surface area contributed by atoms with Crippen LogP contribution in [-0.2, 0) is 6.42 Å². The third kappa shape index (κ3) is 2.62. The van der Waals surface area contributed by atoms with Gasteiger partial charge >= 0.3 is 0 Å². The van der Waals surface area contributed by atoms with Gasteiger partial charge in [-0.1, -0.05) is 31.2 Å². The van der Waals surface area contributed by atoms with Crippen molar-refractivity contribution in [2.75, 3.05) is 5.73 Å². The molecule has 0 aliphatic heterocycles. The highest BCUT2D eigenvalue weighted by atomic mass is 19.2. The molecule has 0 saturated heterocycles. The van der Waals surface area contributed by atoms with Crippen molar-refractivity contribution in [3.05, 3.63) is 64.7 Å². The van der Waals surface area contributed by atoms with Crippen LogP contribution in [0.5, 0.6) is 0 Å². The molecular formula is C15H13F2NO. The van der Waals surface area contributed by atoms with Gasteiger partial charge in [0.1, 0.15) is 0 Å². The molecule has 2 rings (SSSR count). The second kappa shape index (κ2) is 5.18. The zero-order chi connectivity index (χ0) is 14.0. The Kier molecular flexibility index (Phi) is 3.60. The number of nitrogen functional groups attached to an aromatic ring is 1. The molecule has 0 fully saturated rings. The van der Waals surface area contributed by atoms with Crippen LogP contribution in [0.1, 0.15) is 28.4 Å². The summed E-state index contributed by atoms with van der Waals surface area (Å²) in [5.41, 5.74) is 6.96. The fourth-order valence-corrected chi connectivity index (χ4v) is 1.81. The molecule has 2 aromatic rings. The Labute approximate surface area is 109 Å². The highest BCUT2D eigenvalue weighted by Gasteiger charge is 2.15. The number of ketones is 1. The van der Waals surface area contributed by atoms with E-state index in [0.717, 1.165) is 24.1 Å². The largest absolute Gasteiger partial charge is 0.398 e. The molecule has 2 aromatic carbocycles. The van der Waals surface area contributed by atoms with Crippen molar-refractivity contribution in [1.29, 1.82) is 0 Å². The Bertz CT molecular complexity index is 621.